The minimum absolute atomic E-state index is 0.0430. The molecule has 1 aromatic rings. The van der Waals surface area contributed by atoms with Crippen LogP contribution >= 0.6 is 15.9 Å². The van der Waals surface area contributed by atoms with E-state index in [1.807, 2.05) is 18.2 Å². The van der Waals surface area contributed by atoms with Crippen molar-refractivity contribution in [3.05, 3.63) is 82.2 Å². The fourth-order valence-corrected chi connectivity index (χ4v) is 4.28. The maximum atomic E-state index is 14.1. The Hall–Kier alpha value is -3.14. The van der Waals surface area contributed by atoms with Crippen molar-refractivity contribution in [2.75, 3.05) is 33.2 Å². The van der Waals surface area contributed by atoms with Crippen LogP contribution in [-0.4, -0.2) is 68.5 Å². The van der Waals surface area contributed by atoms with E-state index in [2.05, 4.69) is 26.2 Å². The van der Waals surface area contributed by atoms with Crippen molar-refractivity contribution in [3.63, 3.8) is 0 Å². The summed E-state index contributed by atoms with van der Waals surface area (Å²) in [6.07, 6.45) is -2.24. The quantitative estimate of drug-likeness (QED) is 0.104. The summed E-state index contributed by atoms with van der Waals surface area (Å²) in [5.41, 5.74) is 1.03. The van der Waals surface area contributed by atoms with Gasteiger partial charge in [0.2, 0.25) is 5.96 Å². The minimum atomic E-state index is -4.75. The van der Waals surface area contributed by atoms with Crippen LogP contribution in [0.2, 0.25) is 0 Å². The summed E-state index contributed by atoms with van der Waals surface area (Å²) in [4.78, 5) is 19.1. The molecule has 15 heteroatoms. The van der Waals surface area contributed by atoms with Gasteiger partial charge in [-0.1, -0.05) is 70.6 Å². The molecule has 1 heterocycles. The number of carbonyl (C=O) groups excluding carboxylic acids is 1. The summed E-state index contributed by atoms with van der Waals surface area (Å²) in [5, 5.41) is 2.48. The van der Waals surface area contributed by atoms with Crippen LogP contribution in [0.4, 0.5) is 26.3 Å². The van der Waals surface area contributed by atoms with Gasteiger partial charge in [0.1, 0.15) is 13.3 Å². The third-order valence-corrected chi connectivity index (χ3v) is 6.56. The highest BCUT2D eigenvalue weighted by Crippen LogP contribution is 2.27. The van der Waals surface area contributed by atoms with Gasteiger partial charge in [-0.25, -0.2) is 4.99 Å². The van der Waals surface area contributed by atoms with Gasteiger partial charge in [0.05, 0.1) is 13.2 Å². The molecule has 0 spiro atoms. The van der Waals surface area contributed by atoms with Crippen LogP contribution in [0.1, 0.15) is 25.3 Å². The Morgan fingerprint density at radius 3 is 2.48 bits per heavy atom. The number of aliphatic imine (C=N–C) groups is 1. The first-order valence-corrected chi connectivity index (χ1v) is 14.3. The van der Waals surface area contributed by atoms with Crippen LogP contribution in [0.3, 0.4) is 0 Å². The molecule has 0 saturated carbocycles. The zero-order valence-electron chi connectivity index (χ0n) is 23.7. The Morgan fingerprint density at radius 1 is 1.11 bits per heavy atom. The number of halogens is 7. The lowest BCUT2D eigenvalue weighted by molar-refractivity contribution is -0.181. The van der Waals surface area contributed by atoms with E-state index >= 15 is 0 Å². The third-order valence-electron chi connectivity index (χ3n) is 5.97. The summed E-state index contributed by atoms with van der Waals surface area (Å²) in [6, 6.07) is 8.93. The Bertz CT molecular complexity index is 1250. The largest absolute Gasteiger partial charge is 0.469 e. The molecule has 242 valence electrons. The Balaban J connectivity index is 1.93. The number of rotatable bonds is 14. The molecule has 2 aliphatic rings. The van der Waals surface area contributed by atoms with Crippen molar-refractivity contribution >= 4 is 27.8 Å². The summed E-state index contributed by atoms with van der Waals surface area (Å²) < 4.78 is 99.1. The lowest BCUT2D eigenvalue weighted by Crippen LogP contribution is -2.49. The van der Waals surface area contributed by atoms with Crippen LogP contribution in [0.15, 0.2) is 81.6 Å². The number of nitrogens with one attached hydrogen (secondary N) is 1. The highest BCUT2D eigenvalue weighted by molar-refractivity contribution is 9.11. The average molecular weight is 696 g/mol. The van der Waals surface area contributed by atoms with Gasteiger partial charge < -0.3 is 18.9 Å². The maximum Gasteiger partial charge on any atom is 0.422 e. The second kappa shape index (κ2) is 16.8. The normalized spacial score (nSPS) is 19.1. The SMILES string of the molecule is CCOC/C=C(/C[C@H]1C=CC(Br)=CC1)C(=O)N(COCc1ccccc1)C1=NC(OCC(F)(F)F)C=C(OCC(F)(F)F)N1. The molecule has 1 aliphatic heterocycles. The molecule has 0 saturated heterocycles. The van der Waals surface area contributed by atoms with Crippen molar-refractivity contribution in [2.24, 2.45) is 10.9 Å². The molecule has 1 N–H and O–H groups in total. The van der Waals surface area contributed by atoms with E-state index in [-0.39, 0.29) is 31.1 Å². The minimum Gasteiger partial charge on any atom is -0.469 e. The van der Waals surface area contributed by atoms with Gasteiger partial charge in [-0.15, -0.1) is 0 Å². The number of hydrogen-bond donors (Lipinski definition) is 1. The fraction of sp³-hybridized carbons (Fsp3) is 0.448. The zero-order valence-corrected chi connectivity index (χ0v) is 25.3. The molecule has 3 rings (SSSR count). The lowest BCUT2D eigenvalue weighted by atomic mass is 9.92. The first-order chi connectivity index (χ1) is 20.8. The van der Waals surface area contributed by atoms with Gasteiger partial charge in [-0.3, -0.25) is 15.0 Å². The molecular formula is C29H32BrF6N3O5. The molecule has 1 aromatic carbocycles. The van der Waals surface area contributed by atoms with Gasteiger partial charge in [0.15, 0.2) is 18.7 Å². The molecule has 1 unspecified atom stereocenters. The van der Waals surface area contributed by atoms with E-state index in [9.17, 15) is 31.1 Å². The van der Waals surface area contributed by atoms with Crippen LogP contribution in [0.5, 0.6) is 0 Å². The number of ether oxygens (including phenoxy) is 4. The Kier molecular flexibility index (Phi) is 13.5. The summed E-state index contributed by atoms with van der Waals surface area (Å²) in [5.74, 6) is -1.74. The predicted molar refractivity (Wildman–Crippen MR) is 153 cm³/mol. The molecule has 1 amide bonds. The Labute approximate surface area is 259 Å². The van der Waals surface area contributed by atoms with E-state index in [0.717, 1.165) is 21.0 Å². The van der Waals surface area contributed by atoms with Gasteiger partial charge in [-0.2, -0.15) is 26.3 Å². The van der Waals surface area contributed by atoms with Crippen LogP contribution in [0, 0.1) is 5.92 Å². The first kappa shape index (κ1) is 35.3. The molecule has 44 heavy (non-hydrogen) atoms. The van der Waals surface area contributed by atoms with E-state index in [0.29, 0.717) is 13.0 Å². The van der Waals surface area contributed by atoms with E-state index < -0.39 is 56.3 Å². The Morgan fingerprint density at radius 2 is 1.84 bits per heavy atom. The van der Waals surface area contributed by atoms with Crippen molar-refractivity contribution in [1.82, 2.24) is 10.2 Å². The van der Waals surface area contributed by atoms with Crippen LogP contribution in [0.25, 0.3) is 0 Å². The molecule has 0 aromatic heterocycles. The van der Waals surface area contributed by atoms with Crippen LogP contribution < -0.4 is 5.32 Å². The lowest BCUT2D eigenvalue weighted by Gasteiger charge is -2.30. The summed E-state index contributed by atoms with van der Waals surface area (Å²) in [6.45, 7) is -1.67. The van der Waals surface area contributed by atoms with Crippen LogP contribution in [-0.2, 0) is 30.3 Å². The number of allylic oxidation sites excluding steroid dienone is 4. The number of benzene rings is 1. The van der Waals surface area contributed by atoms with E-state index in [1.165, 1.54) is 0 Å². The smallest absolute Gasteiger partial charge is 0.422 e. The topological polar surface area (TPSA) is 81.6 Å². The maximum absolute atomic E-state index is 14.1. The van der Waals surface area contributed by atoms with Gasteiger partial charge in [0.25, 0.3) is 5.91 Å². The van der Waals surface area contributed by atoms with Crippen molar-refractivity contribution in [1.29, 1.82) is 0 Å². The number of hydrogen-bond acceptors (Lipinski definition) is 7. The molecule has 2 atom stereocenters. The molecule has 1 aliphatic carbocycles. The summed E-state index contributed by atoms with van der Waals surface area (Å²) >= 11 is 3.40. The van der Waals surface area contributed by atoms with E-state index in [4.69, 9.17) is 18.9 Å². The van der Waals surface area contributed by atoms with Gasteiger partial charge in [0, 0.05) is 22.7 Å². The summed E-state index contributed by atoms with van der Waals surface area (Å²) in [7, 11) is 0. The van der Waals surface area contributed by atoms with Crippen molar-refractivity contribution in [3.8, 4) is 0 Å². The number of carbonyl (C=O) groups is 1. The molecule has 0 fully saturated rings. The van der Waals surface area contributed by atoms with Gasteiger partial charge >= 0.3 is 12.4 Å². The zero-order chi connectivity index (χ0) is 32.2. The number of alkyl halides is 6. The van der Waals surface area contributed by atoms with Crippen molar-refractivity contribution < 1.29 is 50.1 Å². The number of guanidine groups is 1. The second-order valence-electron chi connectivity index (χ2n) is 9.56. The monoisotopic (exact) mass is 695 g/mol. The standard InChI is InChI=1S/C29H32BrF6N3O5/c1-2-41-13-12-22(14-20-8-10-23(30)11-9-20)26(40)39(19-42-16-21-6-4-3-5-7-21)27-37-24(43-17-28(31,32)33)15-25(38-27)44-18-29(34,35)36/h3-8,10-12,15,20,24H,2,9,13-14,16-19H2,1H3,(H,37,38)/b22-12-/t20-,24?/m0/s1. The molecule has 8 nitrogen and oxygen atoms in total. The molecule has 0 radical (unpaired) electrons. The highest BCUT2D eigenvalue weighted by Gasteiger charge is 2.34. The average Bonchev–Trinajstić information content (AvgIpc) is 2.97. The fourth-order valence-electron chi connectivity index (χ4n) is 3.94. The molecule has 0 bridgehead atoms. The first-order valence-electron chi connectivity index (χ1n) is 13.5. The highest BCUT2D eigenvalue weighted by atomic mass is 79.9. The van der Waals surface area contributed by atoms with E-state index in [1.54, 1.807) is 43.3 Å². The predicted octanol–water partition coefficient (Wildman–Crippen LogP) is 6.48. The number of amides is 1. The third kappa shape index (κ3) is 12.8. The van der Waals surface area contributed by atoms with Crippen molar-refractivity contribution in [2.45, 2.75) is 45.0 Å². The second-order valence-corrected chi connectivity index (χ2v) is 10.5. The molecular weight excluding hydrogens is 664 g/mol. The number of nitrogens with zero attached hydrogens (tertiary/aromatic N) is 2. The van der Waals surface area contributed by atoms with Gasteiger partial charge in [-0.05, 0) is 31.2 Å².